The molecule has 23 heavy (non-hydrogen) atoms. The van der Waals surface area contributed by atoms with Crippen LogP contribution in [0.5, 0.6) is 5.88 Å². The fraction of sp³-hybridized carbons (Fsp3) is 0.111. The average molecular weight is 309 g/mol. The van der Waals surface area contributed by atoms with Gasteiger partial charge in [0.25, 0.3) is 0 Å². The van der Waals surface area contributed by atoms with Crippen molar-refractivity contribution in [1.29, 1.82) is 0 Å². The Morgan fingerprint density at radius 2 is 1.83 bits per heavy atom. The molecular formula is C18H15NO4. The highest BCUT2D eigenvalue weighted by atomic mass is 16.5. The Morgan fingerprint density at radius 3 is 2.57 bits per heavy atom. The molecule has 5 heteroatoms. The zero-order valence-corrected chi connectivity index (χ0v) is 12.4. The van der Waals surface area contributed by atoms with Crippen LogP contribution in [0.3, 0.4) is 0 Å². The second kappa shape index (κ2) is 6.06. The van der Waals surface area contributed by atoms with Gasteiger partial charge in [-0.15, -0.1) is 0 Å². The molecule has 116 valence electrons. The number of ether oxygens (including phenoxy) is 1. The van der Waals surface area contributed by atoms with Crippen molar-refractivity contribution in [2.45, 2.75) is 6.10 Å². The van der Waals surface area contributed by atoms with Gasteiger partial charge in [-0.1, -0.05) is 42.5 Å². The predicted molar refractivity (Wildman–Crippen MR) is 86.3 cm³/mol. The summed E-state index contributed by atoms with van der Waals surface area (Å²) in [5.74, 6) is -1.24. The Kier molecular flexibility index (Phi) is 3.95. The zero-order chi connectivity index (χ0) is 16.4. The molecule has 2 N–H and O–H groups in total. The summed E-state index contributed by atoms with van der Waals surface area (Å²) in [6, 6.07) is 17.0. The first-order valence-electron chi connectivity index (χ1n) is 7.05. The topological polar surface area (TPSA) is 79.7 Å². The summed E-state index contributed by atoms with van der Waals surface area (Å²) < 4.78 is 5.16. The van der Waals surface area contributed by atoms with Crippen LogP contribution >= 0.6 is 0 Å². The standard InChI is InChI=1S/C18H15NO4/c1-23-17-14(16(20)18(21)22)9-10-15(19-17)13-8-4-6-11-5-2-3-7-12(11)13/h2-10,16,20H,1H3,(H,21,22). The number of methoxy groups -OCH3 is 1. The Hall–Kier alpha value is -2.92. The number of aliphatic hydroxyl groups is 1. The van der Waals surface area contributed by atoms with Gasteiger partial charge in [0.15, 0.2) is 6.10 Å². The van der Waals surface area contributed by atoms with E-state index in [1.165, 1.54) is 13.2 Å². The molecule has 0 aliphatic carbocycles. The second-order valence-corrected chi connectivity index (χ2v) is 5.06. The zero-order valence-electron chi connectivity index (χ0n) is 12.4. The molecule has 5 nitrogen and oxygen atoms in total. The number of pyridine rings is 1. The van der Waals surface area contributed by atoms with E-state index in [0.29, 0.717) is 5.69 Å². The van der Waals surface area contributed by atoms with E-state index < -0.39 is 12.1 Å². The largest absolute Gasteiger partial charge is 0.481 e. The van der Waals surface area contributed by atoms with Crippen LogP contribution in [0, 0.1) is 0 Å². The SMILES string of the molecule is COc1nc(-c2cccc3ccccc23)ccc1C(O)C(=O)O. The van der Waals surface area contributed by atoms with Crippen LogP contribution in [0.25, 0.3) is 22.0 Å². The third-order valence-electron chi connectivity index (χ3n) is 3.68. The fourth-order valence-electron chi connectivity index (χ4n) is 2.55. The predicted octanol–water partition coefficient (Wildman–Crippen LogP) is 3.03. The minimum absolute atomic E-state index is 0.102. The summed E-state index contributed by atoms with van der Waals surface area (Å²) in [6.07, 6.45) is -1.67. The van der Waals surface area contributed by atoms with Gasteiger partial charge in [-0.3, -0.25) is 0 Å². The number of hydrogen-bond donors (Lipinski definition) is 2. The molecule has 3 rings (SSSR count). The molecule has 0 aliphatic heterocycles. The minimum atomic E-state index is -1.67. The summed E-state index contributed by atoms with van der Waals surface area (Å²) in [6.45, 7) is 0. The van der Waals surface area contributed by atoms with Crippen LogP contribution in [-0.4, -0.2) is 28.3 Å². The molecule has 0 bridgehead atoms. The molecule has 1 unspecified atom stereocenters. The van der Waals surface area contributed by atoms with Gasteiger partial charge in [0.1, 0.15) is 0 Å². The van der Waals surface area contributed by atoms with E-state index >= 15 is 0 Å². The van der Waals surface area contributed by atoms with Crippen LogP contribution in [0.15, 0.2) is 54.6 Å². The molecule has 0 amide bonds. The maximum atomic E-state index is 11.0. The lowest BCUT2D eigenvalue weighted by Gasteiger charge is -2.13. The average Bonchev–Trinajstić information content (AvgIpc) is 2.60. The van der Waals surface area contributed by atoms with Gasteiger partial charge in [0, 0.05) is 5.56 Å². The molecule has 0 spiro atoms. The van der Waals surface area contributed by atoms with Crippen molar-refractivity contribution < 1.29 is 19.7 Å². The van der Waals surface area contributed by atoms with Crippen molar-refractivity contribution in [3.63, 3.8) is 0 Å². The molecule has 1 heterocycles. The molecule has 0 saturated carbocycles. The van der Waals surface area contributed by atoms with E-state index in [9.17, 15) is 9.90 Å². The van der Waals surface area contributed by atoms with E-state index in [1.807, 2.05) is 42.5 Å². The Labute approximate surface area is 132 Å². The number of carbonyl (C=O) groups is 1. The minimum Gasteiger partial charge on any atom is -0.481 e. The van der Waals surface area contributed by atoms with Gasteiger partial charge >= 0.3 is 5.97 Å². The number of aliphatic hydroxyl groups excluding tert-OH is 1. The normalized spacial score (nSPS) is 12.1. The van der Waals surface area contributed by atoms with Crippen LogP contribution in [0.1, 0.15) is 11.7 Å². The number of carboxylic acid groups (broad SMARTS) is 1. The summed E-state index contributed by atoms with van der Waals surface area (Å²) in [5.41, 5.74) is 1.70. The maximum Gasteiger partial charge on any atom is 0.337 e. The fourth-order valence-corrected chi connectivity index (χ4v) is 2.55. The third kappa shape index (κ3) is 2.74. The molecule has 2 aromatic carbocycles. The third-order valence-corrected chi connectivity index (χ3v) is 3.68. The molecular weight excluding hydrogens is 294 g/mol. The Morgan fingerprint density at radius 1 is 1.09 bits per heavy atom. The number of nitrogens with zero attached hydrogens (tertiary/aromatic N) is 1. The van der Waals surface area contributed by atoms with Crippen LogP contribution in [-0.2, 0) is 4.79 Å². The molecule has 1 atom stereocenters. The highest BCUT2D eigenvalue weighted by Crippen LogP contribution is 2.31. The van der Waals surface area contributed by atoms with Crippen molar-refractivity contribution >= 4 is 16.7 Å². The Balaban J connectivity index is 2.15. The van der Waals surface area contributed by atoms with E-state index in [-0.39, 0.29) is 11.4 Å². The lowest BCUT2D eigenvalue weighted by atomic mass is 10.0. The van der Waals surface area contributed by atoms with E-state index in [2.05, 4.69) is 4.98 Å². The van der Waals surface area contributed by atoms with Crippen molar-refractivity contribution in [3.05, 3.63) is 60.2 Å². The summed E-state index contributed by atoms with van der Waals surface area (Å²) in [5, 5.41) is 20.8. The molecule has 0 fully saturated rings. The van der Waals surface area contributed by atoms with Crippen LogP contribution in [0.4, 0.5) is 0 Å². The molecule has 0 aliphatic rings. The smallest absolute Gasteiger partial charge is 0.337 e. The van der Waals surface area contributed by atoms with E-state index in [0.717, 1.165) is 16.3 Å². The summed E-state index contributed by atoms with van der Waals surface area (Å²) >= 11 is 0. The number of aromatic nitrogens is 1. The number of hydrogen-bond acceptors (Lipinski definition) is 4. The monoisotopic (exact) mass is 309 g/mol. The van der Waals surface area contributed by atoms with Crippen molar-refractivity contribution in [2.24, 2.45) is 0 Å². The molecule has 3 aromatic rings. The summed E-state index contributed by atoms with van der Waals surface area (Å²) in [4.78, 5) is 15.3. The molecule has 1 aromatic heterocycles. The summed E-state index contributed by atoms with van der Waals surface area (Å²) in [7, 11) is 1.40. The number of aliphatic carboxylic acids is 1. The van der Waals surface area contributed by atoms with Gasteiger partial charge in [0.05, 0.1) is 18.4 Å². The van der Waals surface area contributed by atoms with Gasteiger partial charge in [-0.2, -0.15) is 0 Å². The van der Waals surface area contributed by atoms with Crippen LogP contribution in [0.2, 0.25) is 0 Å². The van der Waals surface area contributed by atoms with E-state index in [1.54, 1.807) is 6.07 Å². The number of benzene rings is 2. The molecule has 0 saturated heterocycles. The van der Waals surface area contributed by atoms with Gasteiger partial charge < -0.3 is 14.9 Å². The first kappa shape index (κ1) is 15.0. The van der Waals surface area contributed by atoms with E-state index in [4.69, 9.17) is 9.84 Å². The lowest BCUT2D eigenvalue weighted by molar-refractivity contribution is -0.147. The maximum absolute atomic E-state index is 11.0. The second-order valence-electron chi connectivity index (χ2n) is 5.06. The highest BCUT2D eigenvalue weighted by molar-refractivity contribution is 5.95. The Bertz CT molecular complexity index is 871. The highest BCUT2D eigenvalue weighted by Gasteiger charge is 2.22. The first-order chi connectivity index (χ1) is 11.1. The van der Waals surface area contributed by atoms with Gasteiger partial charge in [0.2, 0.25) is 5.88 Å². The van der Waals surface area contributed by atoms with Crippen molar-refractivity contribution in [1.82, 2.24) is 4.98 Å². The lowest BCUT2D eigenvalue weighted by Crippen LogP contribution is -2.12. The van der Waals surface area contributed by atoms with Gasteiger partial charge in [-0.05, 0) is 22.9 Å². The molecule has 0 radical (unpaired) electrons. The number of rotatable bonds is 4. The quantitative estimate of drug-likeness (QED) is 0.774. The van der Waals surface area contributed by atoms with Gasteiger partial charge in [-0.25, -0.2) is 9.78 Å². The first-order valence-corrected chi connectivity index (χ1v) is 7.05. The number of fused-ring (bicyclic) bond motifs is 1. The van der Waals surface area contributed by atoms with Crippen LogP contribution < -0.4 is 4.74 Å². The van der Waals surface area contributed by atoms with Crippen molar-refractivity contribution in [2.75, 3.05) is 7.11 Å². The number of carboxylic acids is 1. The van der Waals surface area contributed by atoms with Crippen molar-refractivity contribution in [3.8, 4) is 17.1 Å².